The van der Waals surface area contributed by atoms with E-state index in [4.69, 9.17) is 18.0 Å². The first-order valence-corrected chi connectivity index (χ1v) is 8.10. The lowest BCUT2D eigenvalue weighted by molar-refractivity contribution is 0.588. The van der Waals surface area contributed by atoms with Crippen LogP contribution in [0.4, 0.5) is 5.69 Å². The highest BCUT2D eigenvalue weighted by atomic mass is 32.2. The molecular formula is C13H16N4O2S2. The average Bonchev–Trinajstić information content (AvgIpc) is 2.87. The third-order valence-corrected chi connectivity index (χ3v) is 4.76. The minimum atomic E-state index is -3.74. The maximum Gasteiger partial charge on any atom is 0.283 e. The Morgan fingerprint density at radius 2 is 2.05 bits per heavy atom. The summed E-state index contributed by atoms with van der Waals surface area (Å²) in [5.74, 6) is 0. The summed E-state index contributed by atoms with van der Waals surface area (Å²) in [4.78, 5) is 4.20. The van der Waals surface area contributed by atoms with E-state index in [0.29, 0.717) is 12.1 Å². The van der Waals surface area contributed by atoms with Gasteiger partial charge in [0.1, 0.15) is 0 Å². The summed E-state index contributed by atoms with van der Waals surface area (Å²) in [6, 6.07) is 8.82. The minimum absolute atomic E-state index is 0.00297. The average molecular weight is 324 g/mol. The van der Waals surface area contributed by atoms with E-state index in [1.54, 1.807) is 35.9 Å². The highest BCUT2D eigenvalue weighted by Gasteiger charge is 2.26. The molecule has 0 aliphatic carbocycles. The first kappa shape index (κ1) is 15.5. The summed E-state index contributed by atoms with van der Waals surface area (Å²) in [6.07, 6.45) is 3.21. The predicted octanol–water partition coefficient (Wildman–Crippen LogP) is 1.29. The second-order valence-electron chi connectivity index (χ2n) is 4.51. The number of imidazole rings is 1. The van der Waals surface area contributed by atoms with Crippen molar-refractivity contribution in [3.63, 3.8) is 0 Å². The van der Waals surface area contributed by atoms with Gasteiger partial charge in [-0.2, -0.15) is 8.42 Å². The molecule has 0 unspecified atom stereocenters. The van der Waals surface area contributed by atoms with Crippen LogP contribution < -0.4 is 10.0 Å². The Morgan fingerprint density at radius 1 is 1.38 bits per heavy atom. The summed E-state index contributed by atoms with van der Waals surface area (Å²) in [6.45, 7) is 0.179. The molecule has 1 heterocycles. The fraction of sp³-hybridized carbons (Fsp3) is 0.231. The second-order valence-corrected chi connectivity index (χ2v) is 6.84. The van der Waals surface area contributed by atoms with Crippen molar-refractivity contribution in [3.05, 3.63) is 42.9 Å². The van der Waals surface area contributed by atoms with Crippen molar-refractivity contribution in [2.45, 2.75) is 11.4 Å². The lowest BCUT2D eigenvalue weighted by Crippen LogP contribution is -2.34. The summed E-state index contributed by atoms with van der Waals surface area (Å²) < 4.78 is 28.3. The Hall–Kier alpha value is -1.93. The standard InChI is InChI=1S/C13H16N4O2S2/c1-16-9-13(15-10-16)21(18,19)17(8-7-12(14)20)11-5-3-2-4-6-11/h2-6,9-10H,7-8H2,1H3,(H2,14,20). The maximum absolute atomic E-state index is 12.7. The molecule has 0 aliphatic heterocycles. The Bertz CT molecular complexity index is 726. The van der Waals surface area contributed by atoms with Crippen LogP contribution in [0, 0.1) is 0 Å². The topological polar surface area (TPSA) is 81.2 Å². The lowest BCUT2D eigenvalue weighted by atomic mass is 10.3. The van der Waals surface area contributed by atoms with Gasteiger partial charge in [-0.25, -0.2) is 4.98 Å². The summed E-state index contributed by atoms with van der Waals surface area (Å²) in [7, 11) is -2.03. The zero-order chi connectivity index (χ0) is 15.5. The van der Waals surface area contributed by atoms with E-state index in [2.05, 4.69) is 4.98 Å². The molecule has 6 nitrogen and oxygen atoms in total. The lowest BCUT2D eigenvalue weighted by Gasteiger charge is -2.23. The van der Waals surface area contributed by atoms with Crippen molar-refractivity contribution < 1.29 is 8.42 Å². The van der Waals surface area contributed by atoms with Crippen LogP contribution in [0.5, 0.6) is 0 Å². The zero-order valence-corrected chi connectivity index (χ0v) is 13.1. The van der Waals surface area contributed by atoms with Gasteiger partial charge >= 0.3 is 0 Å². The summed E-state index contributed by atoms with van der Waals surface area (Å²) in [5.41, 5.74) is 6.05. The number of nitrogens with two attached hydrogens (primary N) is 1. The quantitative estimate of drug-likeness (QED) is 0.810. The second kappa shape index (κ2) is 6.23. The number of rotatable bonds is 6. The highest BCUT2D eigenvalue weighted by molar-refractivity contribution is 7.92. The molecule has 2 rings (SSSR count). The monoisotopic (exact) mass is 324 g/mol. The third-order valence-electron chi connectivity index (χ3n) is 2.84. The third kappa shape index (κ3) is 3.59. The van der Waals surface area contributed by atoms with Crippen molar-refractivity contribution >= 4 is 32.9 Å². The molecule has 1 aromatic heterocycles. The van der Waals surface area contributed by atoms with Crippen LogP contribution in [0.3, 0.4) is 0 Å². The summed E-state index contributed by atoms with van der Waals surface area (Å²) in [5, 5.41) is -0.00297. The first-order chi connectivity index (χ1) is 9.91. The summed E-state index contributed by atoms with van der Waals surface area (Å²) >= 11 is 4.84. The molecule has 0 radical (unpaired) electrons. The van der Waals surface area contributed by atoms with Gasteiger partial charge in [0, 0.05) is 26.2 Å². The van der Waals surface area contributed by atoms with Gasteiger partial charge in [-0.05, 0) is 12.1 Å². The van der Waals surface area contributed by atoms with Gasteiger partial charge in [-0.3, -0.25) is 4.31 Å². The van der Waals surface area contributed by atoms with Crippen LogP contribution >= 0.6 is 12.2 Å². The van der Waals surface area contributed by atoms with Gasteiger partial charge in [0.05, 0.1) is 17.0 Å². The van der Waals surface area contributed by atoms with Gasteiger partial charge < -0.3 is 10.3 Å². The number of hydrogen-bond acceptors (Lipinski definition) is 4. The maximum atomic E-state index is 12.7. The molecule has 1 aromatic carbocycles. The van der Waals surface area contributed by atoms with Crippen LogP contribution in [0.2, 0.25) is 0 Å². The fourth-order valence-corrected chi connectivity index (χ4v) is 3.36. The molecule has 0 amide bonds. The van der Waals surface area contributed by atoms with Gasteiger partial charge in [0.25, 0.3) is 10.0 Å². The first-order valence-electron chi connectivity index (χ1n) is 6.25. The van der Waals surface area contributed by atoms with E-state index in [1.165, 1.54) is 16.8 Å². The van der Waals surface area contributed by atoms with Gasteiger partial charge in [0.2, 0.25) is 0 Å². The molecule has 0 fully saturated rings. The van der Waals surface area contributed by atoms with Gasteiger partial charge in [-0.15, -0.1) is 0 Å². The van der Waals surface area contributed by atoms with Gasteiger partial charge in [0.15, 0.2) is 5.03 Å². The molecule has 112 valence electrons. The van der Waals surface area contributed by atoms with Crippen molar-refractivity contribution in [2.75, 3.05) is 10.8 Å². The van der Waals surface area contributed by atoms with Crippen LogP contribution in [0.15, 0.2) is 47.9 Å². The van der Waals surface area contributed by atoms with Crippen LogP contribution in [-0.2, 0) is 17.1 Å². The number of sulfonamides is 1. The molecule has 0 saturated heterocycles. The van der Waals surface area contributed by atoms with E-state index in [-0.39, 0.29) is 16.6 Å². The largest absolute Gasteiger partial charge is 0.393 e. The molecular weight excluding hydrogens is 308 g/mol. The van der Waals surface area contributed by atoms with Gasteiger partial charge in [-0.1, -0.05) is 30.4 Å². The van der Waals surface area contributed by atoms with Crippen molar-refractivity contribution in [2.24, 2.45) is 12.8 Å². The minimum Gasteiger partial charge on any atom is -0.393 e. The van der Waals surface area contributed by atoms with E-state index < -0.39 is 10.0 Å². The number of aromatic nitrogens is 2. The highest BCUT2D eigenvalue weighted by Crippen LogP contribution is 2.22. The Balaban J connectivity index is 2.41. The Morgan fingerprint density at radius 3 is 2.57 bits per heavy atom. The van der Waals surface area contributed by atoms with Crippen LogP contribution in [0.1, 0.15) is 6.42 Å². The van der Waals surface area contributed by atoms with Crippen LogP contribution in [0.25, 0.3) is 0 Å². The number of aryl methyl sites for hydroxylation is 1. The fourth-order valence-electron chi connectivity index (χ4n) is 1.83. The molecule has 0 aliphatic rings. The van der Waals surface area contributed by atoms with E-state index in [0.717, 1.165) is 0 Å². The Labute approximate surface area is 129 Å². The normalized spacial score (nSPS) is 11.3. The molecule has 0 bridgehead atoms. The van der Waals surface area contributed by atoms with Crippen molar-refractivity contribution in [1.82, 2.24) is 9.55 Å². The number of para-hydroxylation sites is 1. The molecule has 8 heteroatoms. The number of thiocarbonyl (C=S) groups is 1. The van der Waals surface area contributed by atoms with E-state index in [9.17, 15) is 8.42 Å². The van der Waals surface area contributed by atoms with Crippen molar-refractivity contribution in [3.8, 4) is 0 Å². The molecule has 0 atom stereocenters. The number of nitrogens with zero attached hydrogens (tertiary/aromatic N) is 3. The predicted molar refractivity (Wildman–Crippen MR) is 85.6 cm³/mol. The molecule has 0 spiro atoms. The van der Waals surface area contributed by atoms with Crippen molar-refractivity contribution in [1.29, 1.82) is 0 Å². The smallest absolute Gasteiger partial charge is 0.283 e. The zero-order valence-electron chi connectivity index (χ0n) is 11.5. The molecule has 0 saturated carbocycles. The van der Waals surface area contributed by atoms with E-state index >= 15 is 0 Å². The Kier molecular flexibility index (Phi) is 4.59. The number of anilines is 1. The number of hydrogen-bond donors (Lipinski definition) is 1. The molecule has 21 heavy (non-hydrogen) atoms. The van der Waals surface area contributed by atoms with E-state index in [1.807, 2.05) is 6.07 Å². The molecule has 2 N–H and O–H groups in total. The number of benzene rings is 1. The molecule has 2 aromatic rings. The van der Waals surface area contributed by atoms with Crippen LogP contribution in [-0.4, -0.2) is 29.5 Å². The SMILES string of the molecule is Cn1cnc(S(=O)(=O)N(CCC(N)=S)c2ccccc2)c1.